The maximum Gasteiger partial charge on any atom is 0.253 e. The molecule has 1 amide bonds. The van der Waals surface area contributed by atoms with Gasteiger partial charge in [-0.3, -0.25) is 9.69 Å². The number of methoxy groups -OCH3 is 1. The van der Waals surface area contributed by atoms with E-state index in [4.69, 9.17) is 4.74 Å². The summed E-state index contributed by atoms with van der Waals surface area (Å²) in [7, 11) is 1.73. The van der Waals surface area contributed by atoms with E-state index in [2.05, 4.69) is 4.90 Å². The highest BCUT2D eigenvalue weighted by molar-refractivity contribution is 5.94. The van der Waals surface area contributed by atoms with Crippen molar-refractivity contribution >= 4 is 5.91 Å². The van der Waals surface area contributed by atoms with Crippen LogP contribution in [-0.4, -0.2) is 62.1 Å². The Labute approximate surface area is 115 Å². The van der Waals surface area contributed by atoms with Gasteiger partial charge >= 0.3 is 0 Å². The summed E-state index contributed by atoms with van der Waals surface area (Å²) in [6.07, 6.45) is 1.03. The zero-order valence-corrected chi connectivity index (χ0v) is 11.5. The molecule has 0 unspecified atom stereocenters. The highest BCUT2D eigenvalue weighted by atomic mass is 16.5. The molecule has 1 aromatic rings. The number of carbonyl (C=O) groups excluding carboxylic acids is 1. The van der Waals surface area contributed by atoms with Crippen LogP contribution < -0.4 is 0 Å². The van der Waals surface area contributed by atoms with Crippen LogP contribution in [-0.2, 0) is 4.74 Å². The fourth-order valence-electron chi connectivity index (χ4n) is 2.38. The molecule has 1 aliphatic rings. The third-order valence-corrected chi connectivity index (χ3v) is 3.51. The fourth-order valence-corrected chi connectivity index (χ4v) is 2.38. The number of benzene rings is 1. The van der Waals surface area contributed by atoms with Gasteiger partial charge in [0.15, 0.2) is 0 Å². The second-order valence-corrected chi connectivity index (χ2v) is 4.85. The van der Waals surface area contributed by atoms with E-state index in [-0.39, 0.29) is 5.91 Å². The van der Waals surface area contributed by atoms with Crippen LogP contribution in [0.4, 0.5) is 0 Å². The molecule has 0 spiro atoms. The second kappa shape index (κ2) is 7.26. The minimum Gasteiger partial charge on any atom is -0.383 e. The molecule has 0 aromatic heterocycles. The molecular formula is C15H22N2O2. The molecule has 1 aliphatic heterocycles. The van der Waals surface area contributed by atoms with Gasteiger partial charge in [-0.1, -0.05) is 18.2 Å². The van der Waals surface area contributed by atoms with Crippen LogP contribution in [0.25, 0.3) is 0 Å². The van der Waals surface area contributed by atoms with E-state index in [9.17, 15) is 4.79 Å². The van der Waals surface area contributed by atoms with Gasteiger partial charge in [0.05, 0.1) is 6.61 Å². The first-order valence-electron chi connectivity index (χ1n) is 6.87. The Bertz CT molecular complexity index is 394. The van der Waals surface area contributed by atoms with Gasteiger partial charge in [-0.25, -0.2) is 0 Å². The number of rotatable bonds is 4. The number of hydrogen-bond donors (Lipinski definition) is 0. The molecule has 0 saturated carbocycles. The van der Waals surface area contributed by atoms with Crippen molar-refractivity contribution in [2.75, 3.05) is 46.4 Å². The second-order valence-electron chi connectivity index (χ2n) is 4.85. The summed E-state index contributed by atoms with van der Waals surface area (Å²) < 4.78 is 5.11. The normalized spacial score (nSPS) is 17.2. The highest BCUT2D eigenvalue weighted by Crippen LogP contribution is 2.09. The third-order valence-electron chi connectivity index (χ3n) is 3.51. The molecule has 4 heteroatoms. The third kappa shape index (κ3) is 4.04. The number of ether oxygens (including phenoxy) is 1. The Morgan fingerprint density at radius 1 is 1.16 bits per heavy atom. The van der Waals surface area contributed by atoms with Crippen LogP contribution in [0.2, 0.25) is 0 Å². The lowest BCUT2D eigenvalue weighted by Gasteiger charge is -2.21. The van der Waals surface area contributed by atoms with E-state index in [1.807, 2.05) is 35.2 Å². The lowest BCUT2D eigenvalue weighted by atomic mass is 10.2. The van der Waals surface area contributed by atoms with Crippen LogP contribution in [0.15, 0.2) is 30.3 Å². The van der Waals surface area contributed by atoms with E-state index in [1.54, 1.807) is 7.11 Å². The van der Waals surface area contributed by atoms with Gasteiger partial charge < -0.3 is 9.64 Å². The Balaban J connectivity index is 1.90. The van der Waals surface area contributed by atoms with Crippen molar-refractivity contribution in [1.29, 1.82) is 0 Å². The van der Waals surface area contributed by atoms with Gasteiger partial charge in [0, 0.05) is 38.9 Å². The van der Waals surface area contributed by atoms with Crippen molar-refractivity contribution in [3.63, 3.8) is 0 Å². The monoisotopic (exact) mass is 262 g/mol. The van der Waals surface area contributed by atoms with Crippen LogP contribution in [0.3, 0.4) is 0 Å². The molecule has 4 nitrogen and oxygen atoms in total. The van der Waals surface area contributed by atoms with Crippen molar-refractivity contribution in [2.45, 2.75) is 6.42 Å². The van der Waals surface area contributed by atoms with Crippen molar-refractivity contribution in [1.82, 2.24) is 9.80 Å². The number of hydrogen-bond acceptors (Lipinski definition) is 3. The summed E-state index contributed by atoms with van der Waals surface area (Å²) in [5.41, 5.74) is 0.785. The van der Waals surface area contributed by atoms with E-state index in [0.29, 0.717) is 0 Å². The van der Waals surface area contributed by atoms with E-state index in [0.717, 1.165) is 51.3 Å². The topological polar surface area (TPSA) is 32.8 Å². The molecule has 0 radical (unpaired) electrons. The van der Waals surface area contributed by atoms with E-state index < -0.39 is 0 Å². The van der Waals surface area contributed by atoms with Gasteiger partial charge in [0.1, 0.15) is 0 Å². The smallest absolute Gasteiger partial charge is 0.253 e. The summed E-state index contributed by atoms with van der Waals surface area (Å²) in [5, 5.41) is 0. The first-order chi connectivity index (χ1) is 9.31. The molecule has 1 aromatic carbocycles. The Hall–Kier alpha value is -1.39. The molecule has 2 rings (SSSR count). The molecule has 0 bridgehead atoms. The maximum absolute atomic E-state index is 12.4. The molecule has 19 heavy (non-hydrogen) atoms. The quantitative estimate of drug-likeness (QED) is 0.824. The molecule has 1 saturated heterocycles. The first-order valence-corrected chi connectivity index (χ1v) is 6.87. The average Bonchev–Trinajstić information content (AvgIpc) is 2.71. The van der Waals surface area contributed by atoms with Crippen LogP contribution in [0.5, 0.6) is 0 Å². The SMILES string of the molecule is COCCN1CCCN(C(=O)c2ccccc2)CC1. The summed E-state index contributed by atoms with van der Waals surface area (Å²) in [4.78, 5) is 16.7. The molecule has 0 aliphatic carbocycles. The molecule has 1 fully saturated rings. The molecule has 1 heterocycles. The molecule has 0 atom stereocenters. The fraction of sp³-hybridized carbons (Fsp3) is 0.533. The maximum atomic E-state index is 12.4. The summed E-state index contributed by atoms with van der Waals surface area (Å²) in [5.74, 6) is 0.147. The number of amides is 1. The van der Waals surface area contributed by atoms with E-state index in [1.165, 1.54) is 0 Å². The van der Waals surface area contributed by atoms with Crippen molar-refractivity contribution in [2.24, 2.45) is 0 Å². The lowest BCUT2D eigenvalue weighted by Crippen LogP contribution is -2.36. The Morgan fingerprint density at radius 2 is 1.95 bits per heavy atom. The minimum atomic E-state index is 0.147. The largest absolute Gasteiger partial charge is 0.383 e. The van der Waals surface area contributed by atoms with Gasteiger partial charge in [-0.05, 0) is 25.1 Å². The van der Waals surface area contributed by atoms with Crippen LogP contribution in [0.1, 0.15) is 16.8 Å². The summed E-state index contributed by atoms with van der Waals surface area (Å²) >= 11 is 0. The lowest BCUT2D eigenvalue weighted by molar-refractivity contribution is 0.0759. The average molecular weight is 262 g/mol. The van der Waals surface area contributed by atoms with Gasteiger partial charge in [0.25, 0.3) is 5.91 Å². The van der Waals surface area contributed by atoms with Gasteiger partial charge in [-0.15, -0.1) is 0 Å². The Kier molecular flexibility index (Phi) is 5.36. The predicted octanol–water partition coefficient (Wildman–Crippen LogP) is 1.48. The zero-order chi connectivity index (χ0) is 13.5. The van der Waals surface area contributed by atoms with E-state index >= 15 is 0 Å². The standard InChI is InChI=1S/C15H22N2O2/c1-19-13-12-16-8-5-9-17(11-10-16)15(18)14-6-3-2-4-7-14/h2-4,6-7H,5,8-13H2,1H3. The minimum absolute atomic E-state index is 0.147. The van der Waals surface area contributed by atoms with Gasteiger partial charge in [0.2, 0.25) is 0 Å². The zero-order valence-electron chi connectivity index (χ0n) is 11.5. The Morgan fingerprint density at radius 3 is 2.68 bits per heavy atom. The van der Waals surface area contributed by atoms with Gasteiger partial charge in [-0.2, -0.15) is 0 Å². The number of nitrogens with zero attached hydrogens (tertiary/aromatic N) is 2. The first kappa shape index (κ1) is 14.0. The van der Waals surface area contributed by atoms with Crippen molar-refractivity contribution in [3.8, 4) is 0 Å². The molecule has 0 N–H and O–H groups in total. The molecular weight excluding hydrogens is 240 g/mol. The predicted molar refractivity (Wildman–Crippen MR) is 75.3 cm³/mol. The van der Waals surface area contributed by atoms with Crippen molar-refractivity contribution in [3.05, 3.63) is 35.9 Å². The number of carbonyl (C=O) groups is 1. The highest BCUT2D eigenvalue weighted by Gasteiger charge is 2.19. The summed E-state index contributed by atoms with van der Waals surface area (Å²) in [6.45, 7) is 5.33. The summed E-state index contributed by atoms with van der Waals surface area (Å²) in [6, 6.07) is 9.53. The molecule has 104 valence electrons. The van der Waals surface area contributed by atoms with Crippen LogP contribution in [0, 0.1) is 0 Å². The van der Waals surface area contributed by atoms with Crippen molar-refractivity contribution < 1.29 is 9.53 Å². The van der Waals surface area contributed by atoms with Crippen LogP contribution >= 0.6 is 0 Å².